The van der Waals surface area contributed by atoms with Crippen LogP contribution in [0, 0.1) is 0 Å². The first-order valence-electron chi connectivity index (χ1n) is 4.40. The van der Waals surface area contributed by atoms with Crippen molar-refractivity contribution in [1.82, 2.24) is 4.90 Å². The second-order valence-corrected chi connectivity index (χ2v) is 3.34. The Bertz CT molecular complexity index is 229. The Hall–Kier alpha value is -1.10. The number of carbonyl (C=O) groups excluding carboxylic acids is 2. The fourth-order valence-electron chi connectivity index (χ4n) is 1.64. The molecule has 0 aromatic carbocycles. The van der Waals surface area contributed by atoms with Gasteiger partial charge >= 0.3 is 0 Å². The van der Waals surface area contributed by atoms with E-state index in [2.05, 4.69) is 0 Å². The number of nitrogens with zero attached hydrogens (tertiary/aromatic N) is 1. The Morgan fingerprint density at radius 1 is 1.77 bits per heavy atom. The fourth-order valence-corrected chi connectivity index (χ4v) is 1.64. The molecule has 1 heterocycles. The zero-order valence-electron chi connectivity index (χ0n) is 7.69. The lowest BCUT2D eigenvalue weighted by Crippen LogP contribution is -2.45. The highest BCUT2D eigenvalue weighted by Gasteiger charge is 2.34. The zero-order valence-corrected chi connectivity index (χ0v) is 7.69. The normalized spacial score (nSPS) is 24.9. The van der Waals surface area contributed by atoms with Crippen LogP contribution in [0.25, 0.3) is 0 Å². The van der Waals surface area contributed by atoms with Crippen molar-refractivity contribution in [2.24, 2.45) is 11.5 Å². The molecular weight excluding hydrogens is 170 g/mol. The van der Waals surface area contributed by atoms with Crippen molar-refractivity contribution in [3.8, 4) is 0 Å². The predicted octanol–water partition coefficient (Wildman–Crippen LogP) is -1.19. The molecule has 13 heavy (non-hydrogen) atoms. The van der Waals surface area contributed by atoms with Crippen molar-refractivity contribution in [1.29, 1.82) is 0 Å². The van der Waals surface area contributed by atoms with E-state index in [4.69, 9.17) is 11.5 Å². The van der Waals surface area contributed by atoms with Crippen molar-refractivity contribution in [2.45, 2.75) is 31.8 Å². The van der Waals surface area contributed by atoms with Crippen LogP contribution in [0.1, 0.15) is 19.8 Å². The molecule has 0 aliphatic carbocycles. The van der Waals surface area contributed by atoms with Crippen molar-refractivity contribution in [3.05, 3.63) is 0 Å². The maximum Gasteiger partial charge on any atom is 0.240 e. The Kier molecular flexibility index (Phi) is 2.87. The maximum absolute atomic E-state index is 11.3. The first-order valence-corrected chi connectivity index (χ1v) is 4.40. The Labute approximate surface area is 77.1 Å². The molecule has 4 N–H and O–H groups in total. The van der Waals surface area contributed by atoms with E-state index in [1.165, 1.54) is 4.90 Å². The molecule has 0 bridgehead atoms. The predicted molar refractivity (Wildman–Crippen MR) is 47.6 cm³/mol. The number of nitrogens with two attached hydrogens (primary N) is 2. The van der Waals surface area contributed by atoms with Crippen LogP contribution >= 0.6 is 0 Å². The molecule has 0 radical (unpaired) electrons. The van der Waals surface area contributed by atoms with Crippen molar-refractivity contribution in [2.75, 3.05) is 6.54 Å². The Morgan fingerprint density at radius 3 is 2.69 bits per heavy atom. The summed E-state index contributed by atoms with van der Waals surface area (Å²) >= 11 is 0. The molecule has 1 fully saturated rings. The highest BCUT2D eigenvalue weighted by molar-refractivity contribution is 5.88. The summed E-state index contributed by atoms with van der Waals surface area (Å²) in [5.74, 6) is -0.525. The molecule has 2 amide bonds. The van der Waals surface area contributed by atoms with E-state index in [9.17, 15) is 9.59 Å². The molecule has 1 aliphatic heterocycles. The highest BCUT2D eigenvalue weighted by atomic mass is 16.2. The van der Waals surface area contributed by atoms with Crippen LogP contribution in [0.4, 0.5) is 0 Å². The third kappa shape index (κ3) is 1.98. The second-order valence-electron chi connectivity index (χ2n) is 3.34. The lowest BCUT2D eigenvalue weighted by Gasteiger charge is -2.23. The molecule has 0 saturated carbocycles. The van der Waals surface area contributed by atoms with Crippen LogP contribution in [-0.4, -0.2) is 35.3 Å². The summed E-state index contributed by atoms with van der Waals surface area (Å²) in [4.78, 5) is 23.8. The summed E-state index contributed by atoms with van der Waals surface area (Å²) in [5, 5.41) is 0. The van der Waals surface area contributed by atoms with E-state index >= 15 is 0 Å². The van der Waals surface area contributed by atoms with Crippen LogP contribution < -0.4 is 11.5 Å². The van der Waals surface area contributed by atoms with Gasteiger partial charge in [0.1, 0.15) is 6.04 Å². The van der Waals surface area contributed by atoms with Crippen molar-refractivity contribution in [3.63, 3.8) is 0 Å². The largest absolute Gasteiger partial charge is 0.368 e. The molecule has 0 aromatic heterocycles. The Morgan fingerprint density at radius 2 is 2.38 bits per heavy atom. The van der Waals surface area contributed by atoms with Gasteiger partial charge in [0.15, 0.2) is 0 Å². The number of rotatable bonds is 3. The molecule has 1 unspecified atom stereocenters. The average Bonchev–Trinajstić information content (AvgIpc) is 2.31. The van der Waals surface area contributed by atoms with Gasteiger partial charge in [-0.1, -0.05) is 6.92 Å². The smallest absolute Gasteiger partial charge is 0.240 e. The van der Waals surface area contributed by atoms with Gasteiger partial charge in [0.25, 0.3) is 0 Å². The molecular formula is C8H15N3O2. The van der Waals surface area contributed by atoms with E-state index in [0.29, 0.717) is 19.4 Å². The number of carbonyl (C=O) groups is 2. The topological polar surface area (TPSA) is 89.4 Å². The van der Waals surface area contributed by atoms with Crippen LogP contribution in [-0.2, 0) is 9.59 Å². The van der Waals surface area contributed by atoms with E-state index < -0.39 is 11.9 Å². The highest BCUT2D eigenvalue weighted by Crippen LogP contribution is 2.14. The van der Waals surface area contributed by atoms with Crippen LogP contribution in [0.5, 0.6) is 0 Å². The minimum absolute atomic E-state index is 0.0712. The average molecular weight is 185 g/mol. The van der Waals surface area contributed by atoms with Gasteiger partial charge in [0, 0.05) is 19.0 Å². The number of primary amides is 1. The molecule has 2 atom stereocenters. The van der Waals surface area contributed by atoms with Gasteiger partial charge in [-0.3, -0.25) is 9.59 Å². The number of hydrogen-bond acceptors (Lipinski definition) is 3. The third-order valence-electron chi connectivity index (χ3n) is 2.28. The first kappa shape index (κ1) is 9.98. The second kappa shape index (κ2) is 3.74. The molecule has 74 valence electrons. The van der Waals surface area contributed by atoms with Gasteiger partial charge in [-0.05, 0) is 6.42 Å². The van der Waals surface area contributed by atoms with Crippen LogP contribution in [0.15, 0.2) is 0 Å². The fraction of sp³-hybridized carbons (Fsp3) is 0.750. The zero-order chi connectivity index (χ0) is 10.0. The summed E-state index contributed by atoms with van der Waals surface area (Å²) in [6, 6.07) is -0.637. The first-order chi connectivity index (χ1) is 6.06. The van der Waals surface area contributed by atoms with Crippen LogP contribution in [0.3, 0.4) is 0 Å². The van der Waals surface area contributed by atoms with Gasteiger partial charge in [-0.15, -0.1) is 0 Å². The lowest BCUT2D eigenvalue weighted by molar-refractivity contribution is -0.136. The molecule has 0 aromatic rings. The number of hydrogen-bond donors (Lipinski definition) is 2. The third-order valence-corrected chi connectivity index (χ3v) is 2.28. The van der Waals surface area contributed by atoms with E-state index in [-0.39, 0.29) is 11.9 Å². The lowest BCUT2D eigenvalue weighted by atomic mass is 10.2. The van der Waals surface area contributed by atoms with Gasteiger partial charge in [0.2, 0.25) is 11.8 Å². The number of likely N-dealkylation sites (tertiary alicyclic amines) is 1. The van der Waals surface area contributed by atoms with E-state index in [1.807, 2.05) is 6.92 Å². The van der Waals surface area contributed by atoms with Crippen molar-refractivity contribution >= 4 is 11.8 Å². The quantitative estimate of drug-likeness (QED) is 0.579. The minimum atomic E-state index is -0.485. The summed E-state index contributed by atoms with van der Waals surface area (Å²) in [6.07, 6.45) is 0.873. The SMILES string of the molecule is CC[C@H](C(N)=O)N1CC(N)CC1=O. The van der Waals surface area contributed by atoms with Gasteiger partial charge in [0.05, 0.1) is 0 Å². The maximum atomic E-state index is 11.3. The number of amides is 2. The summed E-state index contributed by atoms with van der Waals surface area (Å²) in [5.41, 5.74) is 10.8. The molecule has 1 saturated heterocycles. The van der Waals surface area contributed by atoms with Gasteiger partial charge in [-0.2, -0.15) is 0 Å². The van der Waals surface area contributed by atoms with Crippen molar-refractivity contribution < 1.29 is 9.59 Å². The Balaban J connectivity index is 2.69. The molecule has 0 spiro atoms. The summed E-state index contributed by atoms with van der Waals surface area (Å²) < 4.78 is 0. The molecule has 5 heteroatoms. The van der Waals surface area contributed by atoms with E-state index in [1.54, 1.807) is 0 Å². The van der Waals surface area contributed by atoms with Gasteiger partial charge < -0.3 is 16.4 Å². The summed E-state index contributed by atoms with van der Waals surface area (Å²) in [6.45, 7) is 2.27. The van der Waals surface area contributed by atoms with E-state index in [0.717, 1.165) is 0 Å². The minimum Gasteiger partial charge on any atom is -0.368 e. The summed E-state index contributed by atoms with van der Waals surface area (Å²) in [7, 11) is 0. The molecule has 5 nitrogen and oxygen atoms in total. The van der Waals surface area contributed by atoms with Crippen LogP contribution in [0.2, 0.25) is 0 Å². The standard InChI is InChI=1S/C8H15N3O2/c1-2-6(8(10)13)11-4-5(9)3-7(11)12/h5-6H,2-4,9H2,1H3,(H2,10,13)/t5?,6-/m1/s1. The van der Waals surface area contributed by atoms with Gasteiger partial charge in [-0.25, -0.2) is 0 Å². The molecule has 1 aliphatic rings. The molecule has 1 rings (SSSR count). The monoisotopic (exact) mass is 185 g/mol.